The second-order valence-electron chi connectivity index (χ2n) is 10.8. The number of imidazole rings is 1. The van der Waals surface area contributed by atoms with Crippen molar-refractivity contribution in [1.82, 2.24) is 19.3 Å². The SMILES string of the molecule is CCc1nc2c(C)cc(C)nc2n1Cc1ccc(C2(NS(=O)(=O)C(C)(C)C)Cc3ccccc3S2)cc1. The van der Waals surface area contributed by atoms with Gasteiger partial charge in [0.1, 0.15) is 16.2 Å². The molecule has 0 fully saturated rings. The van der Waals surface area contributed by atoms with Crippen LogP contribution in [0.3, 0.4) is 0 Å². The van der Waals surface area contributed by atoms with Crippen LogP contribution in [-0.2, 0) is 34.3 Å². The van der Waals surface area contributed by atoms with Crippen molar-refractivity contribution < 1.29 is 8.42 Å². The van der Waals surface area contributed by atoms with Crippen LogP contribution >= 0.6 is 11.8 Å². The molecule has 1 N–H and O–H groups in total. The van der Waals surface area contributed by atoms with E-state index in [0.717, 1.165) is 56.3 Å². The van der Waals surface area contributed by atoms with E-state index >= 15 is 0 Å². The molecule has 0 saturated heterocycles. The summed E-state index contributed by atoms with van der Waals surface area (Å²) < 4.78 is 31.0. The summed E-state index contributed by atoms with van der Waals surface area (Å²) in [4.78, 5) is 9.98. The number of hydrogen-bond donors (Lipinski definition) is 1. The van der Waals surface area contributed by atoms with Gasteiger partial charge in [0.25, 0.3) is 0 Å². The van der Waals surface area contributed by atoms with Crippen molar-refractivity contribution >= 4 is 32.9 Å². The lowest BCUT2D eigenvalue weighted by atomic mass is 9.98. The average Bonchev–Trinajstić information content (AvgIpc) is 3.37. The third-order valence-electron chi connectivity index (χ3n) is 6.98. The number of aryl methyl sites for hydroxylation is 3. The molecule has 0 saturated carbocycles. The summed E-state index contributed by atoms with van der Waals surface area (Å²) in [5.41, 5.74) is 7.20. The zero-order chi connectivity index (χ0) is 26.6. The Labute approximate surface area is 224 Å². The molecular formula is C29H34N4O2S2. The Kier molecular flexibility index (Phi) is 6.49. The van der Waals surface area contributed by atoms with Gasteiger partial charge in [0.2, 0.25) is 10.0 Å². The maximum Gasteiger partial charge on any atom is 0.218 e. The van der Waals surface area contributed by atoms with Gasteiger partial charge in [-0.1, -0.05) is 61.2 Å². The predicted molar refractivity (Wildman–Crippen MR) is 151 cm³/mol. The van der Waals surface area contributed by atoms with Gasteiger partial charge in [-0.15, -0.1) is 0 Å². The van der Waals surface area contributed by atoms with Crippen LogP contribution in [0.2, 0.25) is 0 Å². The molecule has 2 aromatic carbocycles. The Morgan fingerprint density at radius 3 is 2.41 bits per heavy atom. The van der Waals surface area contributed by atoms with Gasteiger partial charge in [-0.3, -0.25) is 0 Å². The van der Waals surface area contributed by atoms with E-state index in [1.807, 2.05) is 19.1 Å². The summed E-state index contributed by atoms with van der Waals surface area (Å²) in [6.45, 7) is 12.1. The molecule has 4 aromatic rings. The van der Waals surface area contributed by atoms with E-state index in [1.165, 1.54) is 0 Å². The first kappa shape index (κ1) is 25.9. The molecule has 5 rings (SSSR count). The first-order valence-electron chi connectivity index (χ1n) is 12.7. The van der Waals surface area contributed by atoms with E-state index in [4.69, 9.17) is 9.97 Å². The fourth-order valence-corrected chi connectivity index (χ4v) is 7.54. The summed E-state index contributed by atoms with van der Waals surface area (Å²) >= 11 is 1.59. The van der Waals surface area contributed by atoms with Crippen LogP contribution < -0.4 is 4.72 Å². The van der Waals surface area contributed by atoms with Crippen molar-refractivity contribution in [2.24, 2.45) is 0 Å². The highest BCUT2D eigenvalue weighted by molar-refractivity contribution is 8.01. The Bertz CT molecular complexity index is 1560. The second kappa shape index (κ2) is 9.26. The lowest BCUT2D eigenvalue weighted by Gasteiger charge is -2.33. The smallest absolute Gasteiger partial charge is 0.218 e. The highest BCUT2D eigenvalue weighted by atomic mass is 32.2. The van der Waals surface area contributed by atoms with Crippen LogP contribution in [0.25, 0.3) is 11.2 Å². The molecule has 0 aliphatic carbocycles. The molecule has 37 heavy (non-hydrogen) atoms. The Morgan fingerprint density at radius 1 is 1.05 bits per heavy atom. The molecule has 1 aliphatic heterocycles. The van der Waals surface area contributed by atoms with E-state index in [9.17, 15) is 8.42 Å². The summed E-state index contributed by atoms with van der Waals surface area (Å²) in [6.07, 6.45) is 1.41. The van der Waals surface area contributed by atoms with Crippen LogP contribution in [0.15, 0.2) is 59.5 Å². The number of benzene rings is 2. The van der Waals surface area contributed by atoms with Crippen LogP contribution in [0.4, 0.5) is 0 Å². The molecule has 0 amide bonds. The second-order valence-corrected chi connectivity index (χ2v) is 14.6. The molecule has 1 unspecified atom stereocenters. The monoisotopic (exact) mass is 534 g/mol. The summed E-state index contributed by atoms with van der Waals surface area (Å²) in [6, 6.07) is 18.5. The number of rotatable bonds is 6. The van der Waals surface area contributed by atoms with Gasteiger partial charge in [-0.2, -0.15) is 4.72 Å². The van der Waals surface area contributed by atoms with Gasteiger partial charge in [0.05, 0.1) is 11.3 Å². The van der Waals surface area contributed by atoms with Crippen molar-refractivity contribution in [2.45, 2.75) is 75.4 Å². The normalized spacial score (nSPS) is 17.9. The molecule has 194 valence electrons. The van der Waals surface area contributed by atoms with E-state index < -0.39 is 19.6 Å². The largest absolute Gasteiger partial charge is 0.308 e. The van der Waals surface area contributed by atoms with E-state index in [1.54, 1.807) is 32.5 Å². The van der Waals surface area contributed by atoms with Crippen LogP contribution in [-0.4, -0.2) is 27.7 Å². The lowest BCUT2D eigenvalue weighted by molar-refractivity contribution is 0.508. The van der Waals surface area contributed by atoms with Gasteiger partial charge in [-0.25, -0.2) is 18.4 Å². The highest BCUT2D eigenvalue weighted by Crippen LogP contribution is 2.50. The van der Waals surface area contributed by atoms with Crippen molar-refractivity contribution in [3.63, 3.8) is 0 Å². The topological polar surface area (TPSA) is 76.9 Å². The van der Waals surface area contributed by atoms with Crippen molar-refractivity contribution in [3.8, 4) is 0 Å². The minimum atomic E-state index is -3.59. The molecule has 8 heteroatoms. The van der Waals surface area contributed by atoms with Crippen molar-refractivity contribution in [3.05, 3.63) is 88.4 Å². The Hall–Kier alpha value is -2.68. The standard InChI is InChI=1S/C29H34N4O2S2/c1-7-25-31-26-19(2)16-20(3)30-27(26)33(25)18-21-12-14-23(15-13-21)29(32-37(34,35)28(4,5)6)17-22-10-8-9-11-24(22)36-29/h8-16,32H,7,17-18H2,1-6H3. The minimum absolute atomic E-state index is 0.594. The van der Waals surface area contributed by atoms with Crippen LogP contribution in [0.1, 0.15) is 61.5 Å². The Balaban J connectivity index is 1.52. The summed E-state index contributed by atoms with van der Waals surface area (Å²) in [7, 11) is -3.59. The first-order chi connectivity index (χ1) is 17.4. The number of sulfonamides is 1. The fourth-order valence-electron chi connectivity index (χ4n) is 4.83. The number of hydrogen-bond acceptors (Lipinski definition) is 5. The van der Waals surface area contributed by atoms with E-state index in [-0.39, 0.29) is 0 Å². The number of fused-ring (bicyclic) bond motifs is 2. The molecule has 0 bridgehead atoms. The molecule has 2 aromatic heterocycles. The molecular weight excluding hydrogens is 500 g/mol. The van der Waals surface area contributed by atoms with Crippen LogP contribution in [0.5, 0.6) is 0 Å². The van der Waals surface area contributed by atoms with Gasteiger partial charge in [0, 0.05) is 23.4 Å². The molecule has 1 atom stereocenters. The maximum atomic E-state index is 13.3. The summed E-state index contributed by atoms with van der Waals surface area (Å²) in [5.74, 6) is 1.01. The average molecular weight is 535 g/mol. The van der Waals surface area contributed by atoms with Crippen molar-refractivity contribution in [1.29, 1.82) is 0 Å². The first-order valence-corrected chi connectivity index (χ1v) is 15.0. The molecule has 3 heterocycles. The fraction of sp³-hybridized carbons (Fsp3) is 0.379. The number of aromatic nitrogens is 3. The molecule has 0 radical (unpaired) electrons. The zero-order valence-corrected chi connectivity index (χ0v) is 23.9. The summed E-state index contributed by atoms with van der Waals surface area (Å²) in [5, 5.41) is 0. The lowest BCUT2D eigenvalue weighted by Crippen LogP contribution is -2.49. The third-order valence-corrected chi connectivity index (χ3v) is 10.8. The quantitative estimate of drug-likeness (QED) is 0.334. The number of nitrogens with one attached hydrogen (secondary N) is 1. The van der Waals surface area contributed by atoms with Gasteiger partial charge in [-0.05, 0) is 69.0 Å². The van der Waals surface area contributed by atoms with Gasteiger partial charge < -0.3 is 4.57 Å². The van der Waals surface area contributed by atoms with E-state index in [0.29, 0.717) is 13.0 Å². The molecule has 6 nitrogen and oxygen atoms in total. The van der Waals surface area contributed by atoms with Gasteiger partial charge >= 0.3 is 0 Å². The zero-order valence-electron chi connectivity index (χ0n) is 22.3. The van der Waals surface area contributed by atoms with E-state index in [2.05, 4.69) is 65.6 Å². The molecule has 0 spiro atoms. The number of thioether (sulfide) groups is 1. The number of pyridine rings is 1. The number of nitrogens with zero attached hydrogens (tertiary/aromatic N) is 3. The minimum Gasteiger partial charge on any atom is -0.308 e. The third kappa shape index (κ3) is 4.71. The van der Waals surface area contributed by atoms with Crippen LogP contribution in [0, 0.1) is 13.8 Å². The molecule has 1 aliphatic rings. The Morgan fingerprint density at radius 2 is 1.76 bits per heavy atom. The maximum absolute atomic E-state index is 13.3. The van der Waals surface area contributed by atoms with Gasteiger partial charge in [0.15, 0.2) is 5.65 Å². The van der Waals surface area contributed by atoms with Crippen molar-refractivity contribution in [2.75, 3.05) is 0 Å². The predicted octanol–water partition coefficient (Wildman–Crippen LogP) is 5.88. The highest BCUT2D eigenvalue weighted by Gasteiger charge is 2.45.